The first kappa shape index (κ1) is 25.8. The third-order valence-corrected chi connectivity index (χ3v) is 7.13. The molecule has 2 saturated heterocycles. The van der Waals surface area contributed by atoms with Gasteiger partial charge >= 0.3 is 6.36 Å². The molecule has 2 aliphatic heterocycles. The van der Waals surface area contributed by atoms with Crippen LogP contribution in [0, 0.1) is 0 Å². The molecule has 0 saturated carbocycles. The quantitative estimate of drug-likeness (QED) is 0.409. The fourth-order valence-electron chi connectivity index (χ4n) is 4.05. The zero-order valence-electron chi connectivity index (χ0n) is 18.9. The number of hydroxylamine groups is 1. The molecule has 2 fully saturated rings. The van der Waals surface area contributed by atoms with E-state index in [2.05, 4.69) is 10.2 Å². The standard InChI is InChI=1S/C24H27F3N2O5S/c25-24(26,27)33-18-10-8-17(9-11-18)23(31)12-14-29(15-13-23)35-20-6-2-1-5-19(20)22(30)28-34-21-7-3-4-16-32-21/h1-2,5-6,8-11,21,31H,3-4,7,12-16H2,(H,28,30). The smallest absolute Gasteiger partial charge is 0.406 e. The lowest BCUT2D eigenvalue weighted by atomic mass is 9.85. The molecule has 190 valence electrons. The molecule has 1 unspecified atom stereocenters. The van der Waals surface area contributed by atoms with Gasteiger partial charge in [0.1, 0.15) is 5.75 Å². The summed E-state index contributed by atoms with van der Waals surface area (Å²) in [5, 5.41) is 11.1. The Hall–Kier alpha value is -2.31. The summed E-state index contributed by atoms with van der Waals surface area (Å²) in [6.07, 6.45) is -1.74. The van der Waals surface area contributed by atoms with Gasteiger partial charge < -0.3 is 14.6 Å². The molecule has 2 N–H and O–H groups in total. The Kier molecular flexibility index (Phi) is 8.23. The molecular formula is C24H27F3N2O5S. The minimum Gasteiger partial charge on any atom is -0.406 e. The molecule has 2 heterocycles. The molecular weight excluding hydrogens is 485 g/mol. The summed E-state index contributed by atoms with van der Waals surface area (Å²) in [6.45, 7) is 1.65. The van der Waals surface area contributed by atoms with Crippen LogP contribution in [-0.4, -0.2) is 47.7 Å². The van der Waals surface area contributed by atoms with Crippen LogP contribution in [0.1, 0.15) is 48.0 Å². The Bertz CT molecular complexity index is 991. The first-order chi connectivity index (χ1) is 16.7. The van der Waals surface area contributed by atoms with Gasteiger partial charge in [0.25, 0.3) is 5.91 Å². The van der Waals surface area contributed by atoms with E-state index in [4.69, 9.17) is 9.57 Å². The second kappa shape index (κ2) is 11.2. The molecule has 11 heteroatoms. The molecule has 2 aliphatic rings. The molecule has 0 aliphatic carbocycles. The van der Waals surface area contributed by atoms with Crippen molar-refractivity contribution < 1.29 is 37.4 Å². The van der Waals surface area contributed by atoms with Crippen LogP contribution in [-0.2, 0) is 15.2 Å². The predicted octanol–water partition coefficient (Wildman–Crippen LogP) is 4.76. The molecule has 0 spiro atoms. The van der Waals surface area contributed by atoms with Crippen LogP contribution < -0.4 is 10.2 Å². The summed E-state index contributed by atoms with van der Waals surface area (Å²) in [6, 6.07) is 12.5. The topological polar surface area (TPSA) is 80.3 Å². The summed E-state index contributed by atoms with van der Waals surface area (Å²) in [4.78, 5) is 18.9. The molecule has 1 atom stereocenters. The van der Waals surface area contributed by atoms with E-state index in [1.54, 1.807) is 12.1 Å². The number of rotatable bonds is 7. The van der Waals surface area contributed by atoms with E-state index in [9.17, 15) is 23.1 Å². The summed E-state index contributed by atoms with van der Waals surface area (Å²) in [5.41, 5.74) is 2.34. The maximum absolute atomic E-state index is 12.7. The second-order valence-corrected chi connectivity index (χ2v) is 9.60. The van der Waals surface area contributed by atoms with Crippen molar-refractivity contribution in [2.75, 3.05) is 19.7 Å². The van der Waals surface area contributed by atoms with Crippen molar-refractivity contribution in [3.8, 4) is 5.75 Å². The minimum atomic E-state index is -4.76. The maximum Gasteiger partial charge on any atom is 0.573 e. The lowest BCUT2D eigenvalue weighted by Gasteiger charge is -2.38. The van der Waals surface area contributed by atoms with Crippen LogP contribution in [0.3, 0.4) is 0 Å². The largest absolute Gasteiger partial charge is 0.573 e. The number of alkyl halides is 3. The molecule has 0 radical (unpaired) electrons. The van der Waals surface area contributed by atoms with E-state index in [-0.39, 0.29) is 11.7 Å². The minimum absolute atomic E-state index is 0.327. The van der Waals surface area contributed by atoms with Crippen LogP contribution in [0.2, 0.25) is 0 Å². The number of ether oxygens (including phenoxy) is 2. The van der Waals surface area contributed by atoms with Crippen LogP contribution in [0.4, 0.5) is 13.2 Å². The van der Waals surface area contributed by atoms with Gasteiger partial charge in [-0.1, -0.05) is 24.3 Å². The number of hydrogen-bond acceptors (Lipinski definition) is 7. The zero-order chi connectivity index (χ0) is 24.9. The highest BCUT2D eigenvalue weighted by Gasteiger charge is 2.35. The normalized spacial score (nSPS) is 20.9. The van der Waals surface area contributed by atoms with Crippen LogP contribution in [0.25, 0.3) is 0 Å². The van der Waals surface area contributed by atoms with E-state index in [0.29, 0.717) is 43.7 Å². The van der Waals surface area contributed by atoms with Crippen molar-refractivity contribution in [3.05, 3.63) is 59.7 Å². The van der Waals surface area contributed by atoms with Gasteiger partial charge in [-0.05, 0) is 67.5 Å². The molecule has 1 amide bonds. The molecule has 2 aromatic rings. The highest BCUT2D eigenvalue weighted by Crippen LogP contribution is 2.38. The number of aliphatic hydroxyl groups is 1. The SMILES string of the molecule is O=C(NOC1CCCCO1)c1ccccc1SN1CCC(O)(c2ccc(OC(F)(F)F)cc2)CC1. The van der Waals surface area contributed by atoms with E-state index in [1.165, 1.54) is 36.2 Å². The van der Waals surface area contributed by atoms with Crippen LogP contribution in [0.5, 0.6) is 5.75 Å². The van der Waals surface area contributed by atoms with Gasteiger partial charge in [0.15, 0.2) is 6.29 Å². The number of carbonyl (C=O) groups is 1. The summed E-state index contributed by atoms with van der Waals surface area (Å²) in [5.74, 6) is -0.691. The fraction of sp³-hybridized carbons (Fsp3) is 0.458. The molecule has 0 aromatic heterocycles. The number of amides is 1. The highest BCUT2D eigenvalue weighted by atomic mass is 32.2. The molecule has 35 heavy (non-hydrogen) atoms. The van der Waals surface area contributed by atoms with Crippen molar-refractivity contribution in [1.29, 1.82) is 0 Å². The summed E-state index contributed by atoms with van der Waals surface area (Å²) < 4.78 is 48.6. The van der Waals surface area contributed by atoms with Gasteiger partial charge in [-0.25, -0.2) is 14.6 Å². The Morgan fingerprint density at radius 2 is 1.83 bits per heavy atom. The van der Waals surface area contributed by atoms with Crippen molar-refractivity contribution in [2.24, 2.45) is 0 Å². The first-order valence-corrected chi connectivity index (χ1v) is 12.2. The Morgan fingerprint density at radius 3 is 2.49 bits per heavy atom. The highest BCUT2D eigenvalue weighted by molar-refractivity contribution is 7.97. The third-order valence-electron chi connectivity index (χ3n) is 5.95. The van der Waals surface area contributed by atoms with Crippen molar-refractivity contribution >= 4 is 17.9 Å². The van der Waals surface area contributed by atoms with Crippen LogP contribution in [0.15, 0.2) is 53.4 Å². The average molecular weight is 513 g/mol. The van der Waals surface area contributed by atoms with Gasteiger partial charge in [0.05, 0.1) is 11.2 Å². The number of carbonyl (C=O) groups excluding carboxylic acids is 1. The summed E-state index contributed by atoms with van der Waals surface area (Å²) >= 11 is 1.42. The number of nitrogens with one attached hydrogen (secondary N) is 1. The Morgan fingerprint density at radius 1 is 1.11 bits per heavy atom. The number of benzene rings is 2. The molecule has 7 nitrogen and oxygen atoms in total. The van der Waals surface area contributed by atoms with Crippen molar-refractivity contribution in [1.82, 2.24) is 9.79 Å². The van der Waals surface area contributed by atoms with Gasteiger partial charge in [-0.3, -0.25) is 4.79 Å². The van der Waals surface area contributed by atoms with E-state index >= 15 is 0 Å². The Balaban J connectivity index is 1.33. The monoisotopic (exact) mass is 512 g/mol. The molecule has 2 aromatic carbocycles. The van der Waals surface area contributed by atoms with Gasteiger partial charge in [-0.2, -0.15) is 0 Å². The van der Waals surface area contributed by atoms with E-state index < -0.39 is 18.3 Å². The zero-order valence-corrected chi connectivity index (χ0v) is 19.7. The summed E-state index contributed by atoms with van der Waals surface area (Å²) in [7, 11) is 0. The van der Waals surface area contributed by atoms with Gasteiger partial charge in [0.2, 0.25) is 0 Å². The number of piperidine rings is 1. The van der Waals surface area contributed by atoms with E-state index in [0.717, 1.165) is 24.2 Å². The first-order valence-electron chi connectivity index (χ1n) is 11.4. The Labute approximate surface area is 205 Å². The third kappa shape index (κ3) is 7.11. The van der Waals surface area contributed by atoms with E-state index in [1.807, 2.05) is 16.4 Å². The van der Waals surface area contributed by atoms with Gasteiger partial charge in [0, 0.05) is 31.0 Å². The average Bonchev–Trinajstić information content (AvgIpc) is 2.84. The molecule has 0 bridgehead atoms. The number of nitrogens with zero attached hydrogens (tertiary/aromatic N) is 1. The second-order valence-electron chi connectivity index (χ2n) is 8.47. The van der Waals surface area contributed by atoms with Crippen molar-refractivity contribution in [2.45, 2.75) is 55.3 Å². The molecule has 4 rings (SSSR count). The van der Waals surface area contributed by atoms with Gasteiger partial charge in [-0.15, -0.1) is 13.2 Å². The lowest BCUT2D eigenvalue weighted by molar-refractivity contribution is -0.274. The van der Waals surface area contributed by atoms with Crippen molar-refractivity contribution in [3.63, 3.8) is 0 Å². The lowest BCUT2D eigenvalue weighted by Crippen LogP contribution is -2.39. The number of halogens is 3. The maximum atomic E-state index is 12.7. The predicted molar refractivity (Wildman–Crippen MR) is 122 cm³/mol. The fourth-order valence-corrected chi connectivity index (χ4v) is 5.10. The number of hydrogen-bond donors (Lipinski definition) is 2. The van der Waals surface area contributed by atoms with Crippen LogP contribution >= 0.6 is 11.9 Å².